The molecule has 0 amide bonds. The molecule has 0 N–H and O–H groups in total. The van der Waals surface area contributed by atoms with Crippen molar-refractivity contribution in [3.63, 3.8) is 0 Å². The SMILES string of the molecule is COC(=O)C1CN(C2CCc3cc(C#Cc4c(Cl)cccc4Cl)ccc32)C1. The summed E-state index contributed by atoms with van der Waals surface area (Å²) in [5.41, 5.74) is 4.30. The number of hydrogen-bond donors (Lipinski definition) is 0. The van der Waals surface area contributed by atoms with Crippen LogP contribution in [0.25, 0.3) is 0 Å². The zero-order valence-electron chi connectivity index (χ0n) is 15.0. The summed E-state index contributed by atoms with van der Waals surface area (Å²) < 4.78 is 4.83. The van der Waals surface area contributed by atoms with Crippen LogP contribution in [-0.2, 0) is 16.0 Å². The number of aryl methyl sites for hydroxylation is 1. The van der Waals surface area contributed by atoms with E-state index in [1.54, 1.807) is 12.1 Å². The summed E-state index contributed by atoms with van der Waals surface area (Å²) in [5, 5.41) is 1.13. The number of esters is 1. The van der Waals surface area contributed by atoms with Gasteiger partial charge in [0.1, 0.15) is 0 Å². The van der Waals surface area contributed by atoms with E-state index in [9.17, 15) is 4.79 Å². The molecule has 1 fully saturated rings. The molecule has 2 aliphatic rings. The van der Waals surface area contributed by atoms with E-state index in [1.807, 2.05) is 12.1 Å². The summed E-state index contributed by atoms with van der Waals surface area (Å²) in [7, 11) is 1.45. The first-order valence-corrected chi connectivity index (χ1v) is 9.73. The topological polar surface area (TPSA) is 29.5 Å². The predicted molar refractivity (Wildman–Crippen MR) is 107 cm³/mol. The average Bonchev–Trinajstić information content (AvgIpc) is 3.03. The molecule has 4 rings (SSSR count). The number of ether oxygens (including phenoxy) is 1. The van der Waals surface area contributed by atoms with Crippen molar-refractivity contribution >= 4 is 29.2 Å². The molecule has 1 aliphatic heterocycles. The normalized spacial score (nSPS) is 19.0. The van der Waals surface area contributed by atoms with Crippen LogP contribution in [0.5, 0.6) is 0 Å². The smallest absolute Gasteiger partial charge is 0.311 e. The van der Waals surface area contributed by atoms with E-state index in [0.717, 1.165) is 31.5 Å². The summed E-state index contributed by atoms with van der Waals surface area (Å²) in [6, 6.07) is 12.2. The van der Waals surface area contributed by atoms with Gasteiger partial charge in [0.05, 0.1) is 28.6 Å². The number of fused-ring (bicyclic) bond motifs is 1. The van der Waals surface area contributed by atoms with E-state index < -0.39 is 0 Å². The molecule has 5 heteroatoms. The highest BCUT2D eigenvalue weighted by atomic mass is 35.5. The Bertz CT molecular complexity index is 934. The van der Waals surface area contributed by atoms with Gasteiger partial charge in [0.15, 0.2) is 0 Å². The fraction of sp³-hybridized carbons (Fsp3) is 0.318. The van der Waals surface area contributed by atoms with Gasteiger partial charge in [-0.05, 0) is 48.2 Å². The molecule has 1 heterocycles. The fourth-order valence-electron chi connectivity index (χ4n) is 3.89. The highest BCUT2D eigenvalue weighted by Crippen LogP contribution is 2.39. The largest absolute Gasteiger partial charge is 0.469 e. The minimum absolute atomic E-state index is 0.0181. The van der Waals surface area contributed by atoms with Crippen LogP contribution in [0.3, 0.4) is 0 Å². The Morgan fingerprint density at radius 2 is 1.89 bits per heavy atom. The standard InChI is InChI=1S/C22H19Cl2NO2/c1-27-22(26)16-12-25(13-16)21-10-7-15-11-14(5-8-17(15)21)6-9-18-19(23)3-2-4-20(18)24/h2-5,8,11,16,21H,7,10,12-13H2,1H3. The second kappa shape index (κ2) is 7.56. The number of carbonyl (C=O) groups is 1. The van der Waals surface area contributed by atoms with Gasteiger partial charge in [-0.1, -0.05) is 47.2 Å². The van der Waals surface area contributed by atoms with Crippen molar-refractivity contribution in [3.05, 3.63) is 68.7 Å². The second-order valence-electron chi connectivity index (χ2n) is 6.99. The molecule has 0 aromatic heterocycles. The van der Waals surface area contributed by atoms with E-state index in [4.69, 9.17) is 27.9 Å². The summed E-state index contributed by atoms with van der Waals surface area (Å²) in [4.78, 5) is 14.0. The molecule has 0 radical (unpaired) electrons. The van der Waals surface area contributed by atoms with Crippen molar-refractivity contribution in [2.45, 2.75) is 18.9 Å². The molecule has 3 nitrogen and oxygen atoms in total. The lowest BCUT2D eigenvalue weighted by molar-refractivity contribution is -0.152. The lowest BCUT2D eigenvalue weighted by atomic mass is 9.95. The Kier molecular flexibility index (Phi) is 5.14. The van der Waals surface area contributed by atoms with Crippen LogP contribution in [0.1, 0.15) is 34.7 Å². The van der Waals surface area contributed by atoms with E-state index in [1.165, 1.54) is 18.2 Å². The van der Waals surface area contributed by atoms with Crippen LogP contribution in [0, 0.1) is 17.8 Å². The fourth-order valence-corrected chi connectivity index (χ4v) is 4.38. The number of methoxy groups -OCH3 is 1. The zero-order valence-corrected chi connectivity index (χ0v) is 16.5. The zero-order chi connectivity index (χ0) is 19.0. The van der Waals surface area contributed by atoms with Crippen molar-refractivity contribution < 1.29 is 9.53 Å². The maximum atomic E-state index is 11.6. The highest BCUT2D eigenvalue weighted by Gasteiger charge is 2.39. The molecule has 1 atom stereocenters. The molecule has 27 heavy (non-hydrogen) atoms. The van der Waals surface area contributed by atoms with Crippen molar-refractivity contribution in [3.8, 4) is 11.8 Å². The second-order valence-corrected chi connectivity index (χ2v) is 7.80. The average molecular weight is 400 g/mol. The maximum Gasteiger partial charge on any atom is 0.311 e. The van der Waals surface area contributed by atoms with Crippen LogP contribution in [0.15, 0.2) is 36.4 Å². The lowest BCUT2D eigenvalue weighted by Crippen LogP contribution is -2.51. The maximum absolute atomic E-state index is 11.6. The number of benzene rings is 2. The molecule has 2 aromatic carbocycles. The third-order valence-corrected chi connectivity index (χ3v) is 6.00. The van der Waals surface area contributed by atoms with Crippen molar-refractivity contribution in [1.29, 1.82) is 0 Å². The molecule has 138 valence electrons. The Morgan fingerprint density at radius 3 is 2.59 bits per heavy atom. The number of hydrogen-bond acceptors (Lipinski definition) is 3. The number of carbonyl (C=O) groups excluding carboxylic acids is 1. The summed E-state index contributed by atoms with van der Waals surface area (Å²) in [6.07, 6.45) is 2.11. The molecule has 0 spiro atoms. The Labute approximate surface area is 169 Å². The molecular formula is C22H19Cl2NO2. The van der Waals surface area contributed by atoms with E-state index >= 15 is 0 Å². The van der Waals surface area contributed by atoms with Crippen molar-refractivity contribution in [2.75, 3.05) is 20.2 Å². The Balaban J connectivity index is 1.50. The Hall–Kier alpha value is -1.99. The van der Waals surface area contributed by atoms with E-state index in [0.29, 0.717) is 21.7 Å². The van der Waals surface area contributed by atoms with Gasteiger partial charge in [0.2, 0.25) is 0 Å². The van der Waals surface area contributed by atoms with Crippen LogP contribution >= 0.6 is 23.2 Å². The lowest BCUT2D eigenvalue weighted by Gasteiger charge is -2.41. The number of likely N-dealkylation sites (tertiary alicyclic amines) is 1. The van der Waals surface area contributed by atoms with Gasteiger partial charge in [-0.15, -0.1) is 0 Å². The third-order valence-electron chi connectivity index (χ3n) is 5.37. The minimum Gasteiger partial charge on any atom is -0.469 e. The molecule has 1 saturated heterocycles. The van der Waals surface area contributed by atoms with Crippen LogP contribution in [-0.4, -0.2) is 31.1 Å². The monoisotopic (exact) mass is 399 g/mol. The molecule has 0 bridgehead atoms. The first-order valence-electron chi connectivity index (χ1n) is 8.97. The van der Waals surface area contributed by atoms with Gasteiger partial charge >= 0.3 is 5.97 Å². The number of rotatable bonds is 2. The third kappa shape index (κ3) is 3.58. The van der Waals surface area contributed by atoms with Gasteiger partial charge in [-0.25, -0.2) is 0 Å². The van der Waals surface area contributed by atoms with Gasteiger partial charge in [-0.2, -0.15) is 0 Å². The minimum atomic E-state index is -0.103. The van der Waals surface area contributed by atoms with Crippen LogP contribution in [0.4, 0.5) is 0 Å². The predicted octanol–water partition coefficient (Wildman–Crippen LogP) is 4.49. The Morgan fingerprint density at radius 1 is 1.15 bits per heavy atom. The van der Waals surface area contributed by atoms with Gasteiger partial charge in [-0.3, -0.25) is 9.69 Å². The molecule has 0 saturated carbocycles. The quantitative estimate of drug-likeness (QED) is 0.550. The molecule has 1 aliphatic carbocycles. The van der Waals surface area contributed by atoms with Crippen molar-refractivity contribution in [1.82, 2.24) is 4.90 Å². The van der Waals surface area contributed by atoms with Crippen LogP contribution < -0.4 is 0 Å². The van der Waals surface area contributed by atoms with Crippen molar-refractivity contribution in [2.24, 2.45) is 5.92 Å². The highest BCUT2D eigenvalue weighted by molar-refractivity contribution is 6.36. The molecular weight excluding hydrogens is 381 g/mol. The van der Waals surface area contributed by atoms with Gasteiger partial charge < -0.3 is 4.74 Å². The molecule has 2 aromatic rings. The summed E-state index contributed by atoms with van der Waals surface area (Å²) in [6.45, 7) is 1.56. The van der Waals surface area contributed by atoms with Crippen LogP contribution in [0.2, 0.25) is 10.0 Å². The number of halogens is 2. The summed E-state index contributed by atoms with van der Waals surface area (Å²) >= 11 is 12.4. The summed E-state index contributed by atoms with van der Waals surface area (Å²) in [5.74, 6) is 6.19. The van der Waals surface area contributed by atoms with E-state index in [2.05, 4.69) is 28.9 Å². The van der Waals surface area contributed by atoms with Gasteiger partial charge in [0, 0.05) is 24.7 Å². The number of nitrogens with zero attached hydrogens (tertiary/aromatic N) is 1. The first-order chi connectivity index (χ1) is 13.1. The van der Waals surface area contributed by atoms with Gasteiger partial charge in [0.25, 0.3) is 0 Å². The first kappa shape index (κ1) is 18.4. The van der Waals surface area contributed by atoms with E-state index in [-0.39, 0.29) is 11.9 Å². The molecule has 1 unspecified atom stereocenters.